The van der Waals surface area contributed by atoms with Crippen LogP contribution in [-0.2, 0) is 9.53 Å². The molecule has 2 amide bonds. The molecule has 2 aliphatic rings. The first kappa shape index (κ1) is 19.0. The summed E-state index contributed by atoms with van der Waals surface area (Å²) in [4.78, 5) is 30.3. The van der Waals surface area contributed by atoms with Crippen molar-refractivity contribution in [3.05, 3.63) is 0 Å². The topological polar surface area (TPSA) is 65.1 Å². The summed E-state index contributed by atoms with van der Waals surface area (Å²) in [7, 11) is 1.91. The SMILES string of the molecule is CN(C(=O)CN1CCN(C(=O)OC(C)(C)C)CC1)C1CCNCC1. The first-order valence-corrected chi connectivity index (χ1v) is 8.93. The second-order valence-electron chi connectivity index (χ2n) is 7.73. The third-order valence-electron chi connectivity index (χ3n) is 4.63. The van der Waals surface area contributed by atoms with E-state index in [0.717, 1.165) is 25.9 Å². The molecule has 2 fully saturated rings. The minimum absolute atomic E-state index is 0.174. The summed E-state index contributed by atoms with van der Waals surface area (Å²) in [5.41, 5.74) is -0.470. The summed E-state index contributed by atoms with van der Waals surface area (Å²) in [6.07, 6.45) is 1.78. The van der Waals surface area contributed by atoms with E-state index >= 15 is 0 Å². The fourth-order valence-corrected chi connectivity index (χ4v) is 3.12. The lowest BCUT2D eigenvalue weighted by Crippen LogP contribution is -2.53. The summed E-state index contributed by atoms with van der Waals surface area (Å²) >= 11 is 0. The number of likely N-dealkylation sites (N-methyl/N-ethyl adjacent to an activating group) is 1. The average molecular weight is 340 g/mol. The number of carbonyl (C=O) groups is 2. The molecule has 2 heterocycles. The minimum atomic E-state index is -0.470. The molecule has 2 rings (SSSR count). The number of piperidine rings is 1. The monoisotopic (exact) mass is 340 g/mol. The molecule has 2 aliphatic heterocycles. The summed E-state index contributed by atoms with van der Waals surface area (Å²) < 4.78 is 5.40. The smallest absolute Gasteiger partial charge is 0.410 e. The minimum Gasteiger partial charge on any atom is -0.444 e. The zero-order valence-corrected chi connectivity index (χ0v) is 15.5. The molecular formula is C17H32N4O3. The molecule has 138 valence electrons. The highest BCUT2D eigenvalue weighted by Crippen LogP contribution is 2.13. The Morgan fingerprint density at radius 2 is 1.71 bits per heavy atom. The Morgan fingerprint density at radius 1 is 1.12 bits per heavy atom. The number of hydrogen-bond acceptors (Lipinski definition) is 5. The summed E-state index contributed by atoms with van der Waals surface area (Å²) in [5.74, 6) is 0.174. The predicted octanol–water partition coefficient (Wildman–Crippen LogP) is 0.750. The van der Waals surface area contributed by atoms with E-state index in [1.54, 1.807) is 4.90 Å². The molecule has 1 N–H and O–H groups in total. The van der Waals surface area contributed by atoms with Crippen LogP contribution in [0.25, 0.3) is 0 Å². The van der Waals surface area contributed by atoms with E-state index in [1.807, 2.05) is 32.7 Å². The van der Waals surface area contributed by atoms with E-state index in [0.29, 0.717) is 38.8 Å². The van der Waals surface area contributed by atoms with Crippen molar-refractivity contribution in [2.75, 3.05) is 52.9 Å². The van der Waals surface area contributed by atoms with Crippen LogP contribution in [0.1, 0.15) is 33.6 Å². The van der Waals surface area contributed by atoms with Gasteiger partial charge in [0.15, 0.2) is 0 Å². The largest absolute Gasteiger partial charge is 0.444 e. The number of nitrogens with one attached hydrogen (secondary N) is 1. The first-order valence-electron chi connectivity index (χ1n) is 8.93. The second kappa shape index (κ2) is 8.16. The number of ether oxygens (including phenoxy) is 1. The highest BCUT2D eigenvalue weighted by molar-refractivity contribution is 5.78. The van der Waals surface area contributed by atoms with Gasteiger partial charge in [-0.05, 0) is 46.7 Å². The second-order valence-corrected chi connectivity index (χ2v) is 7.73. The molecule has 0 aromatic heterocycles. The fourth-order valence-electron chi connectivity index (χ4n) is 3.12. The molecule has 0 aliphatic carbocycles. The number of piperazine rings is 1. The standard InChI is InChI=1S/C17H32N4O3/c1-17(2,3)24-16(23)21-11-9-20(10-12-21)13-15(22)19(4)14-5-7-18-8-6-14/h14,18H,5-13H2,1-4H3. The Bertz CT molecular complexity index is 436. The lowest BCUT2D eigenvalue weighted by Gasteiger charge is -2.37. The summed E-state index contributed by atoms with van der Waals surface area (Å²) in [6.45, 7) is 10.7. The zero-order chi connectivity index (χ0) is 17.7. The van der Waals surface area contributed by atoms with Crippen molar-refractivity contribution in [2.45, 2.75) is 45.3 Å². The lowest BCUT2D eigenvalue weighted by molar-refractivity contribution is -0.134. The van der Waals surface area contributed by atoms with Gasteiger partial charge in [-0.2, -0.15) is 0 Å². The van der Waals surface area contributed by atoms with E-state index in [1.165, 1.54) is 0 Å². The number of hydrogen-bond donors (Lipinski definition) is 1. The van der Waals surface area contributed by atoms with Crippen molar-refractivity contribution < 1.29 is 14.3 Å². The van der Waals surface area contributed by atoms with E-state index in [2.05, 4.69) is 10.2 Å². The fraction of sp³-hybridized carbons (Fsp3) is 0.882. The van der Waals surface area contributed by atoms with Crippen LogP contribution >= 0.6 is 0 Å². The number of amides is 2. The maximum atomic E-state index is 12.5. The van der Waals surface area contributed by atoms with Gasteiger partial charge < -0.3 is 19.9 Å². The Kier molecular flexibility index (Phi) is 6.46. The number of rotatable bonds is 3. The van der Waals surface area contributed by atoms with Gasteiger partial charge in [0.2, 0.25) is 5.91 Å². The molecule has 7 nitrogen and oxygen atoms in total. The Morgan fingerprint density at radius 3 is 2.25 bits per heavy atom. The molecule has 2 saturated heterocycles. The van der Waals surface area contributed by atoms with Crippen LogP contribution in [0.4, 0.5) is 4.79 Å². The molecule has 24 heavy (non-hydrogen) atoms. The molecule has 0 atom stereocenters. The van der Waals surface area contributed by atoms with Crippen molar-refractivity contribution in [1.29, 1.82) is 0 Å². The normalized spacial score (nSPS) is 20.8. The molecule has 0 aromatic carbocycles. The van der Waals surface area contributed by atoms with Gasteiger partial charge in [0.1, 0.15) is 5.60 Å². The van der Waals surface area contributed by atoms with Gasteiger partial charge in [-0.15, -0.1) is 0 Å². The number of carbonyl (C=O) groups excluding carboxylic acids is 2. The summed E-state index contributed by atoms with van der Waals surface area (Å²) in [5, 5.41) is 3.32. The van der Waals surface area contributed by atoms with E-state index in [9.17, 15) is 9.59 Å². The third kappa shape index (κ3) is 5.63. The quantitative estimate of drug-likeness (QED) is 0.821. The van der Waals surface area contributed by atoms with Crippen LogP contribution in [0.3, 0.4) is 0 Å². The van der Waals surface area contributed by atoms with Crippen molar-refractivity contribution in [3.8, 4) is 0 Å². The van der Waals surface area contributed by atoms with Crippen molar-refractivity contribution >= 4 is 12.0 Å². The van der Waals surface area contributed by atoms with E-state index in [-0.39, 0.29) is 12.0 Å². The Balaban J connectivity index is 1.74. The van der Waals surface area contributed by atoms with Gasteiger partial charge in [-0.3, -0.25) is 9.69 Å². The third-order valence-corrected chi connectivity index (χ3v) is 4.63. The molecule has 0 unspecified atom stereocenters. The maximum absolute atomic E-state index is 12.5. The van der Waals surface area contributed by atoms with Crippen molar-refractivity contribution in [1.82, 2.24) is 20.0 Å². The van der Waals surface area contributed by atoms with Gasteiger partial charge in [-0.25, -0.2) is 4.79 Å². The molecule has 0 spiro atoms. The van der Waals surface area contributed by atoms with Crippen LogP contribution in [0.5, 0.6) is 0 Å². The van der Waals surface area contributed by atoms with Gasteiger partial charge in [-0.1, -0.05) is 0 Å². The molecular weight excluding hydrogens is 308 g/mol. The average Bonchev–Trinajstić information content (AvgIpc) is 2.54. The maximum Gasteiger partial charge on any atom is 0.410 e. The van der Waals surface area contributed by atoms with Crippen molar-refractivity contribution in [3.63, 3.8) is 0 Å². The predicted molar refractivity (Wildman–Crippen MR) is 92.9 cm³/mol. The number of nitrogens with zero attached hydrogens (tertiary/aromatic N) is 3. The zero-order valence-electron chi connectivity index (χ0n) is 15.5. The van der Waals surface area contributed by atoms with E-state index in [4.69, 9.17) is 4.74 Å². The lowest BCUT2D eigenvalue weighted by atomic mass is 10.1. The van der Waals surface area contributed by atoms with Crippen LogP contribution < -0.4 is 5.32 Å². The molecule has 0 radical (unpaired) electrons. The molecule has 7 heteroatoms. The van der Waals surface area contributed by atoms with Gasteiger partial charge in [0.25, 0.3) is 0 Å². The van der Waals surface area contributed by atoms with Gasteiger partial charge >= 0.3 is 6.09 Å². The van der Waals surface area contributed by atoms with E-state index < -0.39 is 5.60 Å². The molecule has 0 saturated carbocycles. The first-order chi connectivity index (χ1) is 11.3. The van der Waals surface area contributed by atoms with Gasteiger partial charge in [0, 0.05) is 39.3 Å². The van der Waals surface area contributed by atoms with Crippen LogP contribution in [0, 0.1) is 0 Å². The molecule has 0 bridgehead atoms. The Hall–Kier alpha value is -1.34. The van der Waals surface area contributed by atoms with Crippen molar-refractivity contribution in [2.24, 2.45) is 0 Å². The summed E-state index contributed by atoms with van der Waals surface area (Å²) in [6, 6.07) is 0.349. The Labute approximate surface area is 145 Å². The highest BCUT2D eigenvalue weighted by atomic mass is 16.6. The highest BCUT2D eigenvalue weighted by Gasteiger charge is 2.28. The van der Waals surface area contributed by atoms with Crippen LogP contribution in [0.15, 0.2) is 0 Å². The van der Waals surface area contributed by atoms with Crippen LogP contribution in [0.2, 0.25) is 0 Å². The van der Waals surface area contributed by atoms with Crippen LogP contribution in [-0.4, -0.2) is 91.2 Å². The van der Waals surface area contributed by atoms with Gasteiger partial charge in [0.05, 0.1) is 6.54 Å². The molecule has 0 aromatic rings.